The standard InChI is InChI=1S/C27H31N3O6/c1-16(6-5-9-24(33)30-14-19-8-4-3-7-18(19)12-21(30)15-31)27(36)22-13-20(28-25(34)17(2)32)10-11-23(22)29-26(27)35/h3-8,10-11,13,16-17,21,31-32,36H,9,12,14-15H2,1-2H3,(H,28,34)(H,29,35)/b6-5+/t16-,17+,21+,27+/m1/s1. The van der Waals surface area contributed by atoms with Crippen LogP contribution in [0.2, 0.25) is 0 Å². The van der Waals surface area contributed by atoms with Gasteiger partial charge >= 0.3 is 0 Å². The van der Waals surface area contributed by atoms with Gasteiger partial charge in [-0.05, 0) is 42.7 Å². The smallest absolute Gasteiger partial charge is 0.261 e. The quantitative estimate of drug-likeness (QED) is 0.372. The van der Waals surface area contributed by atoms with E-state index in [4.69, 9.17) is 0 Å². The fourth-order valence-corrected chi connectivity index (χ4v) is 4.76. The fraction of sp³-hybridized carbons (Fsp3) is 0.370. The van der Waals surface area contributed by atoms with Gasteiger partial charge in [-0.15, -0.1) is 0 Å². The van der Waals surface area contributed by atoms with Gasteiger partial charge in [0, 0.05) is 35.8 Å². The second kappa shape index (κ2) is 10.2. The Hall–Kier alpha value is -3.53. The Morgan fingerprint density at radius 2 is 1.94 bits per heavy atom. The zero-order chi connectivity index (χ0) is 26.0. The van der Waals surface area contributed by atoms with Crippen LogP contribution in [-0.4, -0.2) is 56.7 Å². The van der Waals surface area contributed by atoms with Crippen LogP contribution in [0.3, 0.4) is 0 Å². The number of hydrogen-bond donors (Lipinski definition) is 5. The van der Waals surface area contributed by atoms with Gasteiger partial charge in [0.25, 0.3) is 11.8 Å². The van der Waals surface area contributed by atoms with Crippen LogP contribution < -0.4 is 10.6 Å². The molecular weight excluding hydrogens is 462 g/mol. The molecule has 4 atom stereocenters. The number of carbonyl (C=O) groups excluding carboxylic acids is 3. The maximum atomic E-state index is 13.0. The third-order valence-electron chi connectivity index (χ3n) is 6.93. The topological polar surface area (TPSA) is 139 Å². The normalized spacial score (nSPS) is 22.5. The summed E-state index contributed by atoms with van der Waals surface area (Å²) in [7, 11) is 0. The number of nitrogens with zero attached hydrogens (tertiary/aromatic N) is 1. The number of rotatable bonds is 7. The van der Waals surface area contributed by atoms with Crippen LogP contribution in [-0.2, 0) is 33.0 Å². The minimum absolute atomic E-state index is 0.0536. The van der Waals surface area contributed by atoms with Crippen molar-refractivity contribution in [1.82, 2.24) is 4.90 Å². The van der Waals surface area contributed by atoms with E-state index in [1.165, 1.54) is 13.0 Å². The molecule has 2 aromatic rings. The summed E-state index contributed by atoms with van der Waals surface area (Å²) >= 11 is 0. The van der Waals surface area contributed by atoms with Crippen molar-refractivity contribution in [3.8, 4) is 0 Å². The minimum atomic E-state index is -1.90. The van der Waals surface area contributed by atoms with E-state index in [1.807, 2.05) is 24.3 Å². The van der Waals surface area contributed by atoms with E-state index in [0.717, 1.165) is 11.1 Å². The van der Waals surface area contributed by atoms with Crippen molar-refractivity contribution in [1.29, 1.82) is 0 Å². The first-order chi connectivity index (χ1) is 17.1. The molecule has 9 nitrogen and oxygen atoms in total. The summed E-state index contributed by atoms with van der Waals surface area (Å²) in [5.74, 6) is -2.06. The van der Waals surface area contributed by atoms with Crippen LogP contribution in [0.4, 0.5) is 11.4 Å². The molecule has 0 saturated carbocycles. The van der Waals surface area contributed by atoms with Crippen molar-refractivity contribution in [2.45, 2.75) is 51.0 Å². The first kappa shape index (κ1) is 25.6. The second-order valence-electron chi connectivity index (χ2n) is 9.40. The highest BCUT2D eigenvalue weighted by Gasteiger charge is 2.48. The SMILES string of the molecule is C[C@H](O)C(=O)Nc1ccc2c(c1)[C@@](O)([C@H](C)/C=C/CC(=O)N1Cc3ccccc3C[C@H]1CO)C(=O)N2. The molecule has 4 rings (SSSR count). The lowest BCUT2D eigenvalue weighted by Crippen LogP contribution is -2.46. The number of aliphatic hydroxyl groups is 3. The lowest BCUT2D eigenvalue weighted by molar-refractivity contribution is -0.137. The molecule has 190 valence electrons. The Bertz CT molecular complexity index is 1210. The van der Waals surface area contributed by atoms with Crippen molar-refractivity contribution in [3.05, 3.63) is 71.3 Å². The van der Waals surface area contributed by atoms with Crippen LogP contribution in [0.5, 0.6) is 0 Å². The summed E-state index contributed by atoms with van der Waals surface area (Å²) in [5.41, 5.74) is 1.33. The van der Waals surface area contributed by atoms with Crippen LogP contribution in [0.25, 0.3) is 0 Å². The molecule has 0 bridgehead atoms. The zero-order valence-electron chi connectivity index (χ0n) is 20.3. The summed E-state index contributed by atoms with van der Waals surface area (Å²) in [4.78, 5) is 39.3. The molecule has 2 aliphatic rings. The number of amides is 3. The average molecular weight is 494 g/mol. The molecule has 2 heterocycles. The maximum absolute atomic E-state index is 13.0. The van der Waals surface area contributed by atoms with Gasteiger partial charge in [0.05, 0.1) is 12.6 Å². The number of carbonyl (C=O) groups is 3. The third-order valence-corrected chi connectivity index (χ3v) is 6.93. The largest absolute Gasteiger partial charge is 0.394 e. The fourth-order valence-electron chi connectivity index (χ4n) is 4.76. The monoisotopic (exact) mass is 493 g/mol. The molecule has 0 spiro atoms. The highest BCUT2D eigenvalue weighted by Crippen LogP contribution is 2.43. The number of fused-ring (bicyclic) bond motifs is 2. The van der Waals surface area contributed by atoms with E-state index < -0.39 is 29.4 Å². The predicted molar refractivity (Wildman–Crippen MR) is 134 cm³/mol. The Kier molecular flexibility index (Phi) is 7.26. The molecule has 2 aliphatic heterocycles. The lowest BCUT2D eigenvalue weighted by atomic mass is 9.82. The van der Waals surface area contributed by atoms with Crippen LogP contribution >= 0.6 is 0 Å². The molecule has 0 saturated heterocycles. The zero-order valence-corrected chi connectivity index (χ0v) is 20.3. The van der Waals surface area contributed by atoms with Crippen molar-refractivity contribution in [2.24, 2.45) is 5.92 Å². The molecule has 0 fully saturated rings. The Labute approximate surface area is 209 Å². The van der Waals surface area contributed by atoms with Crippen LogP contribution in [0, 0.1) is 5.92 Å². The van der Waals surface area contributed by atoms with Crippen molar-refractivity contribution < 1.29 is 29.7 Å². The van der Waals surface area contributed by atoms with Gasteiger partial charge < -0.3 is 30.9 Å². The Morgan fingerprint density at radius 3 is 2.64 bits per heavy atom. The van der Waals surface area contributed by atoms with E-state index in [0.29, 0.717) is 29.9 Å². The highest BCUT2D eigenvalue weighted by atomic mass is 16.3. The van der Waals surface area contributed by atoms with Crippen molar-refractivity contribution in [3.63, 3.8) is 0 Å². The molecular formula is C27H31N3O6. The number of benzene rings is 2. The van der Waals surface area contributed by atoms with Gasteiger partial charge in [-0.25, -0.2) is 0 Å². The minimum Gasteiger partial charge on any atom is -0.394 e. The van der Waals surface area contributed by atoms with Gasteiger partial charge in [-0.3, -0.25) is 14.4 Å². The molecule has 3 amide bonds. The van der Waals surface area contributed by atoms with Gasteiger partial charge in [0.2, 0.25) is 5.91 Å². The Morgan fingerprint density at radius 1 is 1.22 bits per heavy atom. The van der Waals surface area contributed by atoms with E-state index in [1.54, 1.807) is 36.1 Å². The first-order valence-electron chi connectivity index (χ1n) is 12.0. The van der Waals surface area contributed by atoms with Gasteiger partial charge in [0.15, 0.2) is 5.60 Å². The van der Waals surface area contributed by atoms with Gasteiger partial charge in [0.1, 0.15) is 6.10 Å². The highest BCUT2D eigenvalue weighted by molar-refractivity contribution is 6.06. The lowest BCUT2D eigenvalue weighted by Gasteiger charge is -2.36. The summed E-state index contributed by atoms with van der Waals surface area (Å²) < 4.78 is 0. The molecule has 0 aliphatic carbocycles. The molecule has 2 aromatic carbocycles. The number of aliphatic hydroxyl groups excluding tert-OH is 2. The summed E-state index contributed by atoms with van der Waals surface area (Å²) in [5, 5.41) is 35.9. The number of anilines is 2. The van der Waals surface area contributed by atoms with Crippen LogP contribution in [0.15, 0.2) is 54.6 Å². The third kappa shape index (κ3) is 4.77. The van der Waals surface area contributed by atoms with Gasteiger partial charge in [-0.2, -0.15) is 0 Å². The van der Waals surface area contributed by atoms with Crippen LogP contribution in [0.1, 0.15) is 37.0 Å². The molecule has 5 N–H and O–H groups in total. The van der Waals surface area contributed by atoms with E-state index in [2.05, 4.69) is 10.6 Å². The molecule has 36 heavy (non-hydrogen) atoms. The molecule has 9 heteroatoms. The van der Waals surface area contributed by atoms with E-state index >= 15 is 0 Å². The molecule has 0 aromatic heterocycles. The van der Waals surface area contributed by atoms with Crippen molar-refractivity contribution in [2.75, 3.05) is 17.2 Å². The summed E-state index contributed by atoms with van der Waals surface area (Å²) in [6.07, 6.45) is 2.68. The molecule has 0 unspecified atom stereocenters. The Balaban J connectivity index is 1.47. The average Bonchev–Trinajstić information content (AvgIpc) is 3.13. The predicted octanol–water partition coefficient (Wildman–Crippen LogP) is 1.67. The van der Waals surface area contributed by atoms with E-state index in [-0.39, 0.29) is 25.0 Å². The number of nitrogens with one attached hydrogen (secondary N) is 2. The second-order valence-corrected chi connectivity index (χ2v) is 9.40. The van der Waals surface area contributed by atoms with Crippen molar-refractivity contribution >= 4 is 29.1 Å². The maximum Gasteiger partial charge on any atom is 0.261 e. The summed E-state index contributed by atoms with van der Waals surface area (Å²) in [6, 6.07) is 12.2. The number of hydrogen-bond acceptors (Lipinski definition) is 6. The van der Waals surface area contributed by atoms with Gasteiger partial charge in [-0.1, -0.05) is 43.3 Å². The molecule has 0 radical (unpaired) electrons. The first-order valence-corrected chi connectivity index (χ1v) is 12.0. The summed E-state index contributed by atoms with van der Waals surface area (Å²) in [6.45, 7) is 3.29. The van der Waals surface area contributed by atoms with E-state index in [9.17, 15) is 29.7 Å².